The summed E-state index contributed by atoms with van der Waals surface area (Å²) < 4.78 is 5.01. The van der Waals surface area contributed by atoms with E-state index in [0.717, 1.165) is 4.88 Å². The minimum Gasteiger partial charge on any atom is -0.462 e. The van der Waals surface area contributed by atoms with Crippen molar-refractivity contribution in [2.45, 2.75) is 31.5 Å². The molecule has 1 aromatic heterocycles. The Balaban J connectivity index is 2.54. The molecule has 0 unspecified atom stereocenters. The van der Waals surface area contributed by atoms with E-state index in [1.165, 1.54) is 18.3 Å². The van der Waals surface area contributed by atoms with Crippen LogP contribution in [0.3, 0.4) is 0 Å². The van der Waals surface area contributed by atoms with Crippen LogP contribution in [0.25, 0.3) is 0 Å². The van der Waals surface area contributed by atoms with Crippen molar-refractivity contribution in [3.05, 3.63) is 16.0 Å². The van der Waals surface area contributed by atoms with Crippen molar-refractivity contribution in [3.63, 3.8) is 0 Å². The van der Waals surface area contributed by atoms with Crippen LogP contribution < -0.4 is 5.32 Å². The standard InChI is InChI=1S/C13H14BrNO4S/c1-3-19-13(18)10-9-8(5-4-7(14)11(9)17)20-12(10)15-6(2)16/h7H,3-5H2,1-2H3,(H,15,16)/t7-/m1/s1. The van der Waals surface area contributed by atoms with E-state index in [9.17, 15) is 14.4 Å². The van der Waals surface area contributed by atoms with Crippen LogP contribution in [0.5, 0.6) is 0 Å². The second-order valence-corrected chi connectivity index (χ2v) is 6.59. The maximum absolute atomic E-state index is 12.3. The lowest BCUT2D eigenvalue weighted by atomic mass is 9.94. The highest BCUT2D eigenvalue weighted by molar-refractivity contribution is 9.10. The van der Waals surface area contributed by atoms with E-state index in [2.05, 4.69) is 21.2 Å². The number of halogens is 1. The van der Waals surface area contributed by atoms with Gasteiger partial charge in [0, 0.05) is 17.4 Å². The summed E-state index contributed by atoms with van der Waals surface area (Å²) in [5, 5.41) is 3.02. The number of ether oxygens (including phenoxy) is 1. The van der Waals surface area contributed by atoms with Crippen LogP contribution in [0.15, 0.2) is 0 Å². The fraction of sp³-hybridized carbons (Fsp3) is 0.462. The molecule has 0 saturated heterocycles. The summed E-state index contributed by atoms with van der Waals surface area (Å²) in [6.45, 7) is 3.28. The van der Waals surface area contributed by atoms with Gasteiger partial charge in [-0.2, -0.15) is 0 Å². The molecule has 7 heteroatoms. The molecule has 2 rings (SSSR count). The fourth-order valence-corrected chi connectivity index (χ4v) is 3.82. The van der Waals surface area contributed by atoms with E-state index in [1.807, 2.05) is 0 Å². The van der Waals surface area contributed by atoms with Crippen molar-refractivity contribution in [2.24, 2.45) is 0 Å². The van der Waals surface area contributed by atoms with Crippen molar-refractivity contribution in [3.8, 4) is 0 Å². The molecule has 5 nitrogen and oxygen atoms in total. The SMILES string of the molecule is CCOC(=O)c1c(NC(C)=O)sc2c1C(=O)[C@H](Br)CC2. The van der Waals surface area contributed by atoms with Crippen LogP contribution in [0.1, 0.15) is 45.9 Å². The number of nitrogens with one attached hydrogen (secondary N) is 1. The predicted octanol–water partition coefficient (Wildman–Crippen LogP) is 2.78. The lowest BCUT2D eigenvalue weighted by molar-refractivity contribution is -0.114. The van der Waals surface area contributed by atoms with Gasteiger partial charge >= 0.3 is 5.97 Å². The molecule has 1 amide bonds. The molecule has 1 aromatic rings. The van der Waals surface area contributed by atoms with E-state index < -0.39 is 5.97 Å². The van der Waals surface area contributed by atoms with E-state index in [0.29, 0.717) is 23.4 Å². The Morgan fingerprint density at radius 1 is 1.50 bits per heavy atom. The van der Waals surface area contributed by atoms with Gasteiger partial charge in [0.05, 0.1) is 11.4 Å². The molecule has 1 aliphatic rings. The smallest absolute Gasteiger partial charge is 0.341 e. The molecule has 0 aromatic carbocycles. The third-order valence-electron chi connectivity index (χ3n) is 2.91. The monoisotopic (exact) mass is 359 g/mol. The quantitative estimate of drug-likeness (QED) is 0.665. The molecule has 1 aliphatic carbocycles. The molecule has 0 radical (unpaired) electrons. The Morgan fingerprint density at radius 2 is 2.20 bits per heavy atom. The minimum absolute atomic E-state index is 0.123. The van der Waals surface area contributed by atoms with Crippen molar-refractivity contribution in [1.29, 1.82) is 0 Å². The molecule has 0 spiro atoms. The maximum Gasteiger partial charge on any atom is 0.341 e. The van der Waals surface area contributed by atoms with Crippen molar-refractivity contribution >= 4 is 49.9 Å². The van der Waals surface area contributed by atoms with Gasteiger partial charge in [0.2, 0.25) is 5.91 Å². The number of amides is 1. The minimum atomic E-state index is -0.566. The third kappa shape index (κ3) is 2.78. The number of anilines is 1. The summed E-state index contributed by atoms with van der Waals surface area (Å²) in [5.74, 6) is -0.970. The topological polar surface area (TPSA) is 72.5 Å². The number of hydrogen-bond donors (Lipinski definition) is 1. The number of rotatable bonds is 3. The number of Topliss-reactive ketones (excluding diaryl/α,β-unsaturated/α-hetero) is 1. The van der Waals surface area contributed by atoms with Crippen molar-refractivity contribution < 1.29 is 19.1 Å². The number of alkyl halides is 1. The van der Waals surface area contributed by atoms with Gasteiger partial charge in [0.1, 0.15) is 10.6 Å². The van der Waals surface area contributed by atoms with Gasteiger partial charge in [-0.1, -0.05) is 15.9 Å². The molecule has 0 aliphatic heterocycles. The van der Waals surface area contributed by atoms with E-state index in [-0.39, 0.29) is 28.7 Å². The highest BCUT2D eigenvalue weighted by Gasteiger charge is 2.35. The second kappa shape index (κ2) is 6.05. The number of hydrogen-bond acceptors (Lipinski definition) is 5. The Kier molecular flexibility index (Phi) is 4.59. The Morgan fingerprint density at radius 3 is 2.80 bits per heavy atom. The second-order valence-electron chi connectivity index (χ2n) is 4.38. The van der Waals surface area contributed by atoms with Gasteiger partial charge in [-0.25, -0.2) is 4.79 Å². The van der Waals surface area contributed by atoms with E-state index >= 15 is 0 Å². The summed E-state index contributed by atoms with van der Waals surface area (Å²) in [6.07, 6.45) is 1.39. The number of fused-ring (bicyclic) bond motifs is 1. The number of aryl methyl sites for hydroxylation is 1. The molecule has 0 bridgehead atoms. The Labute approximate surface area is 128 Å². The number of carbonyl (C=O) groups is 3. The van der Waals surface area contributed by atoms with Gasteiger partial charge in [0.15, 0.2) is 5.78 Å². The van der Waals surface area contributed by atoms with Crippen LogP contribution in [0, 0.1) is 0 Å². The molecule has 0 fully saturated rings. The maximum atomic E-state index is 12.3. The highest BCUT2D eigenvalue weighted by atomic mass is 79.9. The Bertz CT molecular complexity index is 581. The van der Waals surface area contributed by atoms with Gasteiger partial charge in [-0.05, 0) is 19.8 Å². The molecular weight excluding hydrogens is 346 g/mol. The Hall–Kier alpha value is -1.21. The lowest BCUT2D eigenvalue weighted by Crippen LogP contribution is -2.24. The first-order chi connectivity index (χ1) is 9.45. The third-order valence-corrected chi connectivity index (χ3v) is 4.94. The van der Waals surface area contributed by atoms with Crippen LogP contribution >= 0.6 is 27.3 Å². The molecule has 20 heavy (non-hydrogen) atoms. The number of thiophene rings is 1. The summed E-state index contributed by atoms with van der Waals surface area (Å²) >= 11 is 4.60. The normalized spacial score (nSPS) is 17.6. The predicted molar refractivity (Wildman–Crippen MR) is 79.9 cm³/mol. The zero-order valence-electron chi connectivity index (χ0n) is 11.1. The number of carbonyl (C=O) groups excluding carboxylic acids is 3. The first-order valence-electron chi connectivity index (χ1n) is 6.24. The van der Waals surface area contributed by atoms with Crippen molar-refractivity contribution in [1.82, 2.24) is 0 Å². The zero-order chi connectivity index (χ0) is 14.9. The number of ketones is 1. The van der Waals surface area contributed by atoms with Crippen LogP contribution in [-0.4, -0.2) is 29.1 Å². The average Bonchev–Trinajstić information content (AvgIpc) is 2.72. The van der Waals surface area contributed by atoms with Crippen molar-refractivity contribution in [2.75, 3.05) is 11.9 Å². The molecule has 108 valence electrons. The van der Waals surface area contributed by atoms with E-state index in [4.69, 9.17) is 4.74 Å². The largest absolute Gasteiger partial charge is 0.462 e. The summed E-state index contributed by atoms with van der Waals surface area (Å²) in [7, 11) is 0. The first-order valence-corrected chi connectivity index (χ1v) is 7.97. The summed E-state index contributed by atoms with van der Waals surface area (Å²) in [6, 6.07) is 0. The summed E-state index contributed by atoms with van der Waals surface area (Å²) in [5.41, 5.74) is 0.585. The van der Waals surface area contributed by atoms with Crippen LogP contribution in [0.2, 0.25) is 0 Å². The van der Waals surface area contributed by atoms with Gasteiger partial charge in [0.25, 0.3) is 0 Å². The zero-order valence-corrected chi connectivity index (χ0v) is 13.5. The molecule has 1 N–H and O–H groups in total. The lowest BCUT2D eigenvalue weighted by Gasteiger charge is -2.16. The molecule has 1 atom stereocenters. The highest BCUT2D eigenvalue weighted by Crippen LogP contribution is 2.40. The van der Waals surface area contributed by atoms with E-state index in [1.54, 1.807) is 6.92 Å². The van der Waals surface area contributed by atoms with Crippen LogP contribution in [0.4, 0.5) is 5.00 Å². The average molecular weight is 360 g/mol. The molecule has 0 saturated carbocycles. The van der Waals surface area contributed by atoms with Gasteiger partial charge < -0.3 is 10.1 Å². The molecular formula is C13H14BrNO4S. The van der Waals surface area contributed by atoms with Gasteiger partial charge in [-0.3, -0.25) is 9.59 Å². The number of esters is 1. The van der Waals surface area contributed by atoms with Crippen LogP contribution in [-0.2, 0) is 16.0 Å². The summed E-state index contributed by atoms with van der Waals surface area (Å²) in [4.78, 5) is 36.2. The van der Waals surface area contributed by atoms with Gasteiger partial charge in [-0.15, -0.1) is 11.3 Å². The fourth-order valence-electron chi connectivity index (χ4n) is 2.11. The molecule has 1 heterocycles. The first kappa shape index (κ1) is 15.2.